The molecule has 5 N–H and O–H groups in total. The molecule has 0 radical (unpaired) electrons. The highest BCUT2D eigenvalue weighted by atomic mass is 19.4. The lowest BCUT2D eigenvalue weighted by Crippen LogP contribution is -2.40. The van der Waals surface area contributed by atoms with Crippen LogP contribution >= 0.6 is 0 Å². The van der Waals surface area contributed by atoms with E-state index in [0.29, 0.717) is 29.4 Å². The minimum atomic E-state index is -4.59. The second kappa shape index (κ2) is 8.48. The first kappa shape index (κ1) is 25.3. The van der Waals surface area contributed by atoms with Crippen molar-refractivity contribution in [3.05, 3.63) is 29.6 Å². The first-order chi connectivity index (χ1) is 15.0. The Labute approximate surface area is 187 Å². The number of benzene rings is 1. The number of hydrogen-bond acceptors (Lipinski definition) is 3. The molecule has 0 aliphatic heterocycles. The van der Waals surface area contributed by atoms with Crippen molar-refractivity contribution in [2.75, 3.05) is 0 Å². The van der Waals surface area contributed by atoms with Gasteiger partial charge in [0.25, 0.3) is 0 Å². The minimum absolute atomic E-state index is 0.109. The fraction of sp³-hybridized carbons (Fsp3) is 0.636. The number of carbonyl (C=O) groups is 1. The van der Waals surface area contributed by atoms with E-state index in [2.05, 4.69) is 9.97 Å². The third-order valence-electron chi connectivity index (χ3n) is 6.66. The molecule has 1 fully saturated rings. The summed E-state index contributed by atoms with van der Waals surface area (Å²) in [6.07, 6.45) is -8.07. The number of primary amides is 1. The van der Waals surface area contributed by atoms with E-state index >= 15 is 0 Å². The molecule has 4 atom stereocenters. The van der Waals surface area contributed by atoms with Crippen LogP contribution in [0.4, 0.5) is 26.3 Å². The lowest BCUT2D eigenvalue weighted by molar-refractivity contribution is -0.215. The molecule has 1 heterocycles. The molecule has 1 amide bonds. The molecule has 1 aromatic heterocycles. The molecule has 0 saturated heterocycles. The lowest BCUT2D eigenvalue weighted by atomic mass is 9.75. The molecule has 3 rings (SSSR count). The standard InChI is InChI=1S/C22H28F6N4O/c1-10(21(23,24)25)16(18(30)33)17(11-4-5-11)12-6-7-14-15(8-12)32-19(31-14)13(29)9-20(2,3)22(26,27)28/h6-8,10-11,13,16-17H,4-5,9,29H2,1-3H3,(H2,30,33)(H,31,32)/t10?,13-,16?,17-/m0/s1. The summed E-state index contributed by atoms with van der Waals surface area (Å²) in [5.74, 6) is -5.06. The molecule has 2 aromatic rings. The zero-order valence-corrected chi connectivity index (χ0v) is 18.5. The highest BCUT2D eigenvalue weighted by Crippen LogP contribution is 2.51. The monoisotopic (exact) mass is 478 g/mol. The molecule has 33 heavy (non-hydrogen) atoms. The van der Waals surface area contributed by atoms with Gasteiger partial charge in [-0.05, 0) is 48.8 Å². The van der Waals surface area contributed by atoms with E-state index in [1.807, 2.05) is 0 Å². The smallest absolute Gasteiger partial charge is 0.369 e. The van der Waals surface area contributed by atoms with Crippen LogP contribution in [0.1, 0.15) is 63.4 Å². The quantitative estimate of drug-likeness (QED) is 0.447. The fourth-order valence-electron chi connectivity index (χ4n) is 4.36. The number of rotatable bonds is 8. The summed E-state index contributed by atoms with van der Waals surface area (Å²) in [7, 11) is 0. The van der Waals surface area contributed by atoms with Gasteiger partial charge < -0.3 is 16.5 Å². The Balaban J connectivity index is 1.94. The highest BCUT2D eigenvalue weighted by Gasteiger charge is 2.51. The van der Waals surface area contributed by atoms with Gasteiger partial charge in [0.15, 0.2) is 0 Å². The van der Waals surface area contributed by atoms with E-state index in [1.54, 1.807) is 18.2 Å². The number of aromatic amines is 1. The maximum absolute atomic E-state index is 13.5. The van der Waals surface area contributed by atoms with Gasteiger partial charge in [-0.15, -0.1) is 0 Å². The highest BCUT2D eigenvalue weighted by molar-refractivity contribution is 5.80. The van der Waals surface area contributed by atoms with Crippen LogP contribution in [0.5, 0.6) is 0 Å². The number of amides is 1. The van der Waals surface area contributed by atoms with Gasteiger partial charge in [0.1, 0.15) is 5.82 Å². The van der Waals surface area contributed by atoms with Gasteiger partial charge in [0.2, 0.25) is 5.91 Å². The van der Waals surface area contributed by atoms with Crippen LogP contribution in [0.3, 0.4) is 0 Å². The normalized spacial score (nSPS) is 19.3. The van der Waals surface area contributed by atoms with Gasteiger partial charge in [-0.3, -0.25) is 4.79 Å². The van der Waals surface area contributed by atoms with Gasteiger partial charge >= 0.3 is 12.4 Å². The van der Waals surface area contributed by atoms with Crippen LogP contribution in [-0.4, -0.2) is 28.2 Å². The molecular weight excluding hydrogens is 450 g/mol. The second-order valence-corrected chi connectivity index (χ2v) is 9.71. The van der Waals surface area contributed by atoms with Crippen LogP contribution in [0.15, 0.2) is 18.2 Å². The van der Waals surface area contributed by atoms with Crippen LogP contribution in [0.25, 0.3) is 11.0 Å². The summed E-state index contributed by atoms with van der Waals surface area (Å²) in [5.41, 5.74) is 10.7. The number of H-pyrrole nitrogens is 1. The van der Waals surface area contributed by atoms with E-state index in [9.17, 15) is 31.1 Å². The minimum Gasteiger partial charge on any atom is -0.369 e. The first-order valence-electron chi connectivity index (χ1n) is 10.7. The zero-order chi connectivity index (χ0) is 24.9. The zero-order valence-electron chi connectivity index (χ0n) is 18.5. The largest absolute Gasteiger partial charge is 0.394 e. The van der Waals surface area contributed by atoms with Crippen molar-refractivity contribution in [2.45, 2.75) is 64.3 Å². The van der Waals surface area contributed by atoms with Crippen molar-refractivity contribution >= 4 is 16.9 Å². The van der Waals surface area contributed by atoms with Gasteiger partial charge in [0, 0.05) is 0 Å². The van der Waals surface area contributed by atoms with Gasteiger partial charge in [0.05, 0.1) is 34.3 Å². The lowest BCUT2D eigenvalue weighted by Gasteiger charge is -2.31. The number of aromatic nitrogens is 2. The van der Waals surface area contributed by atoms with E-state index in [0.717, 1.165) is 20.8 Å². The van der Waals surface area contributed by atoms with Crippen LogP contribution in [0.2, 0.25) is 0 Å². The van der Waals surface area contributed by atoms with Crippen molar-refractivity contribution < 1.29 is 31.1 Å². The predicted octanol–water partition coefficient (Wildman–Crippen LogP) is 5.33. The third-order valence-corrected chi connectivity index (χ3v) is 6.66. The van der Waals surface area contributed by atoms with Crippen LogP contribution in [-0.2, 0) is 4.79 Å². The summed E-state index contributed by atoms with van der Waals surface area (Å²) in [5, 5.41) is 0. The van der Waals surface area contributed by atoms with E-state index in [1.165, 1.54) is 0 Å². The third kappa shape index (κ3) is 5.28. The Bertz CT molecular complexity index is 1010. The predicted molar refractivity (Wildman–Crippen MR) is 111 cm³/mol. The molecule has 1 saturated carbocycles. The van der Waals surface area contributed by atoms with Crippen molar-refractivity contribution in [3.8, 4) is 0 Å². The van der Waals surface area contributed by atoms with Crippen molar-refractivity contribution in [3.63, 3.8) is 0 Å². The molecule has 1 aliphatic rings. The number of alkyl halides is 6. The van der Waals surface area contributed by atoms with Crippen molar-refractivity contribution in [1.82, 2.24) is 9.97 Å². The number of imidazole rings is 1. The molecule has 5 nitrogen and oxygen atoms in total. The van der Waals surface area contributed by atoms with Crippen molar-refractivity contribution in [1.29, 1.82) is 0 Å². The molecule has 2 unspecified atom stereocenters. The van der Waals surface area contributed by atoms with Gasteiger partial charge in [-0.1, -0.05) is 26.8 Å². The molecule has 184 valence electrons. The maximum atomic E-state index is 13.5. The Morgan fingerprint density at radius 3 is 2.27 bits per heavy atom. The van der Waals surface area contributed by atoms with Crippen molar-refractivity contribution in [2.24, 2.45) is 34.6 Å². The van der Waals surface area contributed by atoms with E-state index in [4.69, 9.17) is 11.5 Å². The number of fused-ring (bicyclic) bond motifs is 1. The molecule has 11 heteroatoms. The number of nitrogens with two attached hydrogens (primary N) is 2. The molecular formula is C22H28F6N4O. The number of nitrogens with zero attached hydrogens (tertiary/aromatic N) is 1. The van der Waals surface area contributed by atoms with E-state index in [-0.39, 0.29) is 11.7 Å². The maximum Gasteiger partial charge on any atom is 0.394 e. The summed E-state index contributed by atoms with van der Waals surface area (Å²) >= 11 is 0. The van der Waals surface area contributed by atoms with E-state index < -0.39 is 53.9 Å². The first-order valence-corrected chi connectivity index (χ1v) is 10.7. The Hall–Kier alpha value is -2.30. The summed E-state index contributed by atoms with van der Waals surface area (Å²) < 4.78 is 80.1. The SMILES string of the molecule is CC(C(C(N)=O)[C@H](c1ccc2nc([C@@H](N)CC(C)(C)C(F)(F)F)[nH]c2c1)C1CC1)C(F)(F)F. The average molecular weight is 478 g/mol. The fourth-order valence-corrected chi connectivity index (χ4v) is 4.36. The Morgan fingerprint density at radius 2 is 1.79 bits per heavy atom. The van der Waals surface area contributed by atoms with Gasteiger partial charge in [-0.2, -0.15) is 26.3 Å². The molecule has 0 bridgehead atoms. The van der Waals surface area contributed by atoms with Crippen LogP contribution in [0, 0.1) is 23.2 Å². The number of halogens is 6. The number of carbonyl (C=O) groups excluding carboxylic acids is 1. The number of nitrogens with one attached hydrogen (secondary N) is 1. The molecule has 1 aromatic carbocycles. The second-order valence-electron chi connectivity index (χ2n) is 9.71. The van der Waals surface area contributed by atoms with Crippen LogP contribution < -0.4 is 11.5 Å². The summed E-state index contributed by atoms with van der Waals surface area (Å²) in [4.78, 5) is 19.3. The van der Waals surface area contributed by atoms with Gasteiger partial charge in [-0.25, -0.2) is 4.98 Å². The topological polar surface area (TPSA) is 97.8 Å². The summed E-state index contributed by atoms with van der Waals surface area (Å²) in [6, 6.07) is 3.73. The average Bonchev–Trinajstić information content (AvgIpc) is 3.40. The molecule has 1 aliphatic carbocycles. The molecule has 0 spiro atoms. The Morgan fingerprint density at radius 1 is 1.18 bits per heavy atom. The Kier molecular flexibility index (Phi) is 6.51. The number of hydrogen-bond donors (Lipinski definition) is 3. The summed E-state index contributed by atoms with van der Waals surface area (Å²) in [6.45, 7) is 3.07.